The Bertz CT molecular complexity index is 524. The molecule has 1 aliphatic heterocycles. The normalized spacial score (nSPS) is 23.1. The standard InChI is InChI=1S/C15H20F2N2O2/c1-9(10-3-5-12(16)13(17)7-10)19(2)15(20)14-6-4-11(8-18)21-14/h3,5,7,9,11,14H,4,6,8,18H2,1-2H3. The van der Waals surface area contributed by atoms with Crippen LogP contribution in [0.5, 0.6) is 0 Å². The van der Waals surface area contributed by atoms with Crippen LogP contribution in [0.3, 0.4) is 0 Å². The van der Waals surface area contributed by atoms with Crippen molar-refractivity contribution in [2.45, 2.75) is 38.0 Å². The summed E-state index contributed by atoms with van der Waals surface area (Å²) in [6, 6.07) is 3.29. The first-order chi connectivity index (χ1) is 9.93. The monoisotopic (exact) mass is 298 g/mol. The lowest BCUT2D eigenvalue weighted by atomic mass is 10.1. The maximum atomic E-state index is 13.3. The fraction of sp³-hybridized carbons (Fsp3) is 0.533. The summed E-state index contributed by atoms with van der Waals surface area (Å²) in [5.41, 5.74) is 6.07. The molecule has 0 aliphatic carbocycles. The molecule has 0 aromatic heterocycles. The lowest BCUT2D eigenvalue weighted by Crippen LogP contribution is -2.38. The smallest absolute Gasteiger partial charge is 0.251 e. The number of rotatable bonds is 4. The lowest BCUT2D eigenvalue weighted by molar-refractivity contribution is -0.143. The first-order valence-electron chi connectivity index (χ1n) is 7.01. The average Bonchev–Trinajstić information content (AvgIpc) is 2.96. The maximum Gasteiger partial charge on any atom is 0.251 e. The van der Waals surface area contributed by atoms with Crippen LogP contribution in [-0.4, -0.2) is 36.6 Å². The first kappa shape index (κ1) is 15.9. The third kappa shape index (κ3) is 3.39. The highest BCUT2D eigenvalue weighted by molar-refractivity contribution is 5.81. The summed E-state index contributed by atoms with van der Waals surface area (Å²) in [5, 5.41) is 0. The molecule has 21 heavy (non-hydrogen) atoms. The number of ether oxygens (including phenoxy) is 1. The first-order valence-corrected chi connectivity index (χ1v) is 7.01. The van der Waals surface area contributed by atoms with Crippen molar-refractivity contribution in [2.24, 2.45) is 5.73 Å². The minimum absolute atomic E-state index is 0.0779. The predicted molar refractivity (Wildman–Crippen MR) is 74.5 cm³/mol. The Balaban J connectivity index is 2.06. The van der Waals surface area contributed by atoms with Crippen LogP contribution >= 0.6 is 0 Å². The number of likely N-dealkylation sites (N-methyl/N-ethyl adjacent to an activating group) is 1. The number of amides is 1. The summed E-state index contributed by atoms with van der Waals surface area (Å²) >= 11 is 0. The number of nitrogens with zero attached hydrogens (tertiary/aromatic N) is 1. The molecule has 1 aliphatic rings. The van der Waals surface area contributed by atoms with Crippen LogP contribution in [0, 0.1) is 11.6 Å². The molecule has 3 atom stereocenters. The minimum Gasteiger partial charge on any atom is -0.364 e. The summed E-state index contributed by atoms with van der Waals surface area (Å²) in [4.78, 5) is 13.9. The molecule has 116 valence electrons. The topological polar surface area (TPSA) is 55.6 Å². The Morgan fingerprint density at radius 3 is 2.71 bits per heavy atom. The van der Waals surface area contributed by atoms with Crippen molar-refractivity contribution < 1.29 is 18.3 Å². The average molecular weight is 298 g/mol. The molecular weight excluding hydrogens is 278 g/mol. The Morgan fingerprint density at radius 1 is 1.43 bits per heavy atom. The molecule has 4 nitrogen and oxygen atoms in total. The van der Waals surface area contributed by atoms with Crippen molar-refractivity contribution in [3.05, 3.63) is 35.4 Å². The van der Waals surface area contributed by atoms with Gasteiger partial charge in [-0.15, -0.1) is 0 Å². The van der Waals surface area contributed by atoms with Gasteiger partial charge in [-0.05, 0) is 37.5 Å². The van der Waals surface area contributed by atoms with Gasteiger partial charge in [0.1, 0.15) is 6.10 Å². The van der Waals surface area contributed by atoms with Crippen LogP contribution < -0.4 is 5.73 Å². The van der Waals surface area contributed by atoms with E-state index >= 15 is 0 Å². The van der Waals surface area contributed by atoms with Gasteiger partial charge in [0.05, 0.1) is 12.1 Å². The van der Waals surface area contributed by atoms with Crippen molar-refractivity contribution >= 4 is 5.91 Å². The zero-order valence-electron chi connectivity index (χ0n) is 12.2. The fourth-order valence-electron chi connectivity index (χ4n) is 2.47. The van der Waals surface area contributed by atoms with Gasteiger partial charge in [-0.25, -0.2) is 8.78 Å². The van der Waals surface area contributed by atoms with Gasteiger partial charge in [-0.1, -0.05) is 6.07 Å². The number of benzene rings is 1. The van der Waals surface area contributed by atoms with Crippen LogP contribution in [0.2, 0.25) is 0 Å². The third-order valence-electron chi connectivity index (χ3n) is 4.00. The molecule has 1 saturated heterocycles. The van der Waals surface area contributed by atoms with Gasteiger partial charge >= 0.3 is 0 Å². The molecule has 0 saturated carbocycles. The number of nitrogens with two attached hydrogens (primary N) is 1. The van der Waals surface area contributed by atoms with E-state index in [0.29, 0.717) is 18.5 Å². The number of halogens is 2. The van der Waals surface area contributed by atoms with Crippen LogP contribution in [0.1, 0.15) is 31.4 Å². The second-order valence-electron chi connectivity index (χ2n) is 5.36. The van der Waals surface area contributed by atoms with E-state index in [1.807, 2.05) is 0 Å². The van der Waals surface area contributed by atoms with Gasteiger partial charge in [-0.3, -0.25) is 4.79 Å². The zero-order chi connectivity index (χ0) is 15.6. The summed E-state index contributed by atoms with van der Waals surface area (Å²) in [5.74, 6) is -1.98. The van der Waals surface area contributed by atoms with E-state index in [-0.39, 0.29) is 18.1 Å². The minimum atomic E-state index is -0.916. The molecule has 1 fully saturated rings. The molecule has 0 radical (unpaired) electrons. The SMILES string of the molecule is CC(c1ccc(F)c(F)c1)N(C)C(=O)C1CCC(CN)O1. The molecule has 1 heterocycles. The van der Waals surface area contributed by atoms with Crippen molar-refractivity contribution in [1.82, 2.24) is 4.90 Å². The van der Waals surface area contributed by atoms with E-state index in [0.717, 1.165) is 18.6 Å². The molecule has 0 spiro atoms. The highest BCUT2D eigenvalue weighted by Crippen LogP contribution is 2.25. The number of hydrogen-bond donors (Lipinski definition) is 1. The van der Waals surface area contributed by atoms with Crippen LogP contribution in [0.4, 0.5) is 8.78 Å². The summed E-state index contributed by atoms with van der Waals surface area (Å²) in [6.45, 7) is 2.16. The van der Waals surface area contributed by atoms with E-state index in [4.69, 9.17) is 10.5 Å². The van der Waals surface area contributed by atoms with Gasteiger partial charge < -0.3 is 15.4 Å². The molecule has 6 heteroatoms. The van der Waals surface area contributed by atoms with Gasteiger partial charge in [0.25, 0.3) is 5.91 Å². The molecule has 2 rings (SSSR count). The number of carbonyl (C=O) groups is 1. The molecule has 2 N–H and O–H groups in total. The van der Waals surface area contributed by atoms with Crippen molar-refractivity contribution in [3.63, 3.8) is 0 Å². The molecule has 0 bridgehead atoms. The molecule has 1 aromatic carbocycles. The van der Waals surface area contributed by atoms with E-state index in [1.165, 1.54) is 11.0 Å². The fourth-order valence-corrected chi connectivity index (χ4v) is 2.47. The van der Waals surface area contributed by atoms with E-state index in [2.05, 4.69) is 0 Å². The van der Waals surface area contributed by atoms with E-state index in [1.54, 1.807) is 14.0 Å². The molecule has 3 unspecified atom stereocenters. The van der Waals surface area contributed by atoms with Gasteiger partial charge in [-0.2, -0.15) is 0 Å². The van der Waals surface area contributed by atoms with Gasteiger partial charge in [0, 0.05) is 13.6 Å². The number of hydrogen-bond acceptors (Lipinski definition) is 3. The second kappa shape index (κ2) is 6.49. The van der Waals surface area contributed by atoms with Crippen molar-refractivity contribution in [2.75, 3.05) is 13.6 Å². The summed E-state index contributed by atoms with van der Waals surface area (Å²) < 4.78 is 31.8. The van der Waals surface area contributed by atoms with Crippen LogP contribution in [0.15, 0.2) is 18.2 Å². The highest BCUT2D eigenvalue weighted by Gasteiger charge is 2.33. The predicted octanol–water partition coefficient (Wildman–Crippen LogP) is 1.99. The molecular formula is C15H20F2N2O2. The summed E-state index contributed by atoms with van der Waals surface area (Å²) in [7, 11) is 1.63. The van der Waals surface area contributed by atoms with Crippen LogP contribution in [0.25, 0.3) is 0 Å². The van der Waals surface area contributed by atoms with Crippen molar-refractivity contribution in [1.29, 1.82) is 0 Å². The second-order valence-corrected chi connectivity index (χ2v) is 5.36. The number of carbonyl (C=O) groups excluding carboxylic acids is 1. The van der Waals surface area contributed by atoms with Gasteiger partial charge in [0.15, 0.2) is 11.6 Å². The summed E-state index contributed by atoms with van der Waals surface area (Å²) in [6.07, 6.45) is 0.817. The Morgan fingerprint density at radius 2 is 2.14 bits per heavy atom. The van der Waals surface area contributed by atoms with Gasteiger partial charge in [0.2, 0.25) is 0 Å². The molecule has 1 aromatic rings. The zero-order valence-corrected chi connectivity index (χ0v) is 12.2. The van der Waals surface area contributed by atoms with Crippen LogP contribution in [-0.2, 0) is 9.53 Å². The van der Waals surface area contributed by atoms with Crippen molar-refractivity contribution in [3.8, 4) is 0 Å². The quantitative estimate of drug-likeness (QED) is 0.925. The van der Waals surface area contributed by atoms with E-state index < -0.39 is 17.7 Å². The Labute approximate surface area is 122 Å². The maximum absolute atomic E-state index is 13.3. The Hall–Kier alpha value is -1.53. The third-order valence-corrected chi connectivity index (χ3v) is 4.00. The Kier molecular flexibility index (Phi) is 4.90. The van der Waals surface area contributed by atoms with E-state index in [9.17, 15) is 13.6 Å². The lowest BCUT2D eigenvalue weighted by Gasteiger charge is -2.28. The highest BCUT2D eigenvalue weighted by atomic mass is 19.2. The molecule has 1 amide bonds. The largest absolute Gasteiger partial charge is 0.364 e.